The van der Waals surface area contributed by atoms with E-state index in [-0.39, 0.29) is 12.5 Å². The molecule has 6 heavy (non-hydrogen) atoms. The van der Waals surface area contributed by atoms with Crippen LogP contribution in [0.1, 0.15) is 0 Å². The first-order valence-electron chi connectivity index (χ1n) is 1.53. The molecule has 4 nitrogen and oxygen atoms in total. The third-order valence-corrected chi connectivity index (χ3v) is 0.537. The van der Waals surface area contributed by atoms with E-state index < -0.39 is 0 Å². The molecule has 0 aromatic heterocycles. The Morgan fingerprint density at radius 2 is 2.33 bits per heavy atom. The summed E-state index contributed by atoms with van der Waals surface area (Å²) in [6.07, 6.45) is 0. The van der Waals surface area contributed by atoms with Gasteiger partial charge in [-0.15, -0.1) is 0 Å². The van der Waals surface area contributed by atoms with E-state index >= 15 is 0 Å². The van der Waals surface area contributed by atoms with E-state index in [0.29, 0.717) is 4.87 Å². The maximum atomic E-state index is 9.76. The van der Waals surface area contributed by atoms with Gasteiger partial charge in [0.15, 0.2) is 0 Å². The molecular weight excluding hydrogens is 84.0 g/mol. The number of rotatable bonds is 0. The maximum Gasteiger partial charge on any atom is 0.351 e. The number of hydrogen-bond donors (Lipinski definition) is 1. The fourth-order valence-electron chi connectivity index (χ4n) is 0.253. The summed E-state index contributed by atoms with van der Waals surface area (Å²) in [6, 6.07) is 0. The quantitative estimate of drug-likeness (QED) is 0.378. The van der Waals surface area contributed by atoms with Crippen LogP contribution in [0.25, 0.3) is 0 Å². The molecule has 1 heterocycles. The molecule has 4 heteroatoms. The molecule has 0 aromatic rings. The summed E-state index contributed by atoms with van der Waals surface area (Å²) < 4.78 is 0. The van der Waals surface area contributed by atoms with Gasteiger partial charge in [0.05, 0.1) is 4.91 Å². The third kappa shape index (κ3) is 0.263. The van der Waals surface area contributed by atoms with E-state index in [2.05, 4.69) is 0 Å². The summed E-state index contributed by atoms with van der Waals surface area (Å²) >= 11 is 0. The van der Waals surface area contributed by atoms with E-state index in [1.54, 1.807) is 0 Å². The van der Waals surface area contributed by atoms with Crippen LogP contribution in [-0.4, -0.2) is 17.3 Å². The van der Waals surface area contributed by atoms with Gasteiger partial charge in [-0.25, -0.2) is 0 Å². The van der Waals surface area contributed by atoms with Crippen LogP contribution >= 0.6 is 0 Å². The minimum Gasteiger partial charge on any atom is -0.261 e. The molecule has 0 radical (unpaired) electrons. The molecule has 0 aromatic carbocycles. The monoisotopic (exact) mass is 87.0 g/mol. The SMILES string of the molecule is O=C1C[N+](=O)N1. The van der Waals surface area contributed by atoms with Crippen molar-refractivity contribution in [3.8, 4) is 0 Å². The predicted octanol–water partition coefficient (Wildman–Crippen LogP) is -1.19. The molecule has 1 aliphatic heterocycles. The largest absolute Gasteiger partial charge is 0.351 e. The number of carbonyl (C=O) groups excluding carboxylic acids is 1. The molecule has 1 fully saturated rings. The van der Waals surface area contributed by atoms with Crippen LogP contribution in [0, 0.1) is 4.91 Å². The number of nitroso groups, excluding NO2 is 1. The molecule has 0 bridgehead atoms. The van der Waals surface area contributed by atoms with Crippen LogP contribution in [0.4, 0.5) is 0 Å². The highest BCUT2D eigenvalue weighted by molar-refractivity contribution is 5.78. The number of hydrazine groups is 1. The Kier molecular flexibility index (Phi) is 0.418. The number of nitrogens with zero attached hydrogens (tertiary/aromatic N) is 1. The molecule has 1 saturated heterocycles. The molecule has 0 unspecified atom stereocenters. The molecular formula is C2H3N2O2+. The number of hydrogen-bond acceptors (Lipinski definition) is 2. The number of amides is 1. The minimum absolute atomic E-state index is 0.000000000000000222. The fraction of sp³-hybridized carbons (Fsp3) is 0.500. The van der Waals surface area contributed by atoms with Crippen LogP contribution in [0.2, 0.25) is 0 Å². The molecule has 0 saturated carbocycles. The molecule has 0 atom stereocenters. The summed E-state index contributed by atoms with van der Waals surface area (Å²) in [6.45, 7) is -0.000000000000000222. The average molecular weight is 87.1 g/mol. The normalized spacial score (nSPS) is 19.3. The van der Waals surface area contributed by atoms with Crippen molar-refractivity contribution in [1.29, 1.82) is 0 Å². The van der Waals surface area contributed by atoms with Gasteiger partial charge >= 0.3 is 12.5 Å². The van der Waals surface area contributed by atoms with Gasteiger partial charge in [0, 0.05) is 0 Å². The molecule has 32 valence electrons. The molecule has 1 N–H and O–H groups in total. The van der Waals surface area contributed by atoms with Crippen molar-refractivity contribution in [2.75, 3.05) is 6.54 Å². The Bertz CT molecular complexity index is 86.1. The Labute approximate surface area is 33.7 Å². The average Bonchev–Trinajstić information content (AvgIpc) is 1.33. The second-order valence-electron chi connectivity index (χ2n) is 1.07. The Balaban J connectivity index is 2.47. The van der Waals surface area contributed by atoms with E-state index in [4.69, 9.17) is 0 Å². The van der Waals surface area contributed by atoms with E-state index in [1.165, 1.54) is 0 Å². The second kappa shape index (κ2) is 0.767. The lowest BCUT2D eigenvalue weighted by Gasteiger charge is -1.97. The first-order valence-corrected chi connectivity index (χ1v) is 1.53. The van der Waals surface area contributed by atoms with Crippen molar-refractivity contribution in [3.63, 3.8) is 0 Å². The highest BCUT2D eigenvalue weighted by Gasteiger charge is 2.30. The zero-order valence-electron chi connectivity index (χ0n) is 2.97. The van der Waals surface area contributed by atoms with Crippen molar-refractivity contribution < 1.29 is 9.66 Å². The standard InChI is InChI=1S/C2H2N2O2/c5-2-1-4(6)3-2/h1H2/p+1. The van der Waals surface area contributed by atoms with E-state index in [1.807, 2.05) is 5.43 Å². The lowest BCUT2D eigenvalue weighted by Crippen LogP contribution is -2.50. The van der Waals surface area contributed by atoms with Gasteiger partial charge in [-0.3, -0.25) is 4.79 Å². The van der Waals surface area contributed by atoms with Crippen LogP contribution in [-0.2, 0) is 4.79 Å². The predicted molar refractivity (Wildman–Crippen MR) is 16.6 cm³/mol. The van der Waals surface area contributed by atoms with Gasteiger partial charge < -0.3 is 0 Å². The van der Waals surface area contributed by atoms with Crippen LogP contribution in [0.3, 0.4) is 0 Å². The molecule has 0 spiro atoms. The number of carbonyl (C=O) groups is 1. The van der Waals surface area contributed by atoms with Gasteiger partial charge in [-0.2, -0.15) is 0 Å². The fourth-order valence-corrected chi connectivity index (χ4v) is 0.253. The van der Waals surface area contributed by atoms with Gasteiger partial charge in [0.2, 0.25) is 0 Å². The van der Waals surface area contributed by atoms with Crippen molar-refractivity contribution in [1.82, 2.24) is 5.43 Å². The summed E-state index contributed by atoms with van der Waals surface area (Å²) in [5.41, 5.74) is 1.94. The highest BCUT2D eigenvalue weighted by atomic mass is 16.3. The molecule has 1 amide bonds. The van der Waals surface area contributed by atoms with Crippen molar-refractivity contribution >= 4 is 5.91 Å². The molecule has 0 aliphatic carbocycles. The van der Waals surface area contributed by atoms with E-state index in [0.717, 1.165) is 0 Å². The second-order valence-corrected chi connectivity index (χ2v) is 1.07. The first kappa shape index (κ1) is 3.27. The summed E-state index contributed by atoms with van der Waals surface area (Å²) in [5.74, 6) is -0.204. The molecule has 1 aliphatic rings. The summed E-state index contributed by atoms with van der Waals surface area (Å²) in [7, 11) is 0. The first-order chi connectivity index (χ1) is 2.79. The van der Waals surface area contributed by atoms with Crippen molar-refractivity contribution in [3.05, 3.63) is 4.91 Å². The third-order valence-electron chi connectivity index (χ3n) is 0.537. The Hall–Kier alpha value is -0.930. The summed E-state index contributed by atoms with van der Waals surface area (Å²) in [4.78, 5) is 19.9. The van der Waals surface area contributed by atoms with Gasteiger partial charge in [0.25, 0.3) is 0 Å². The lowest BCUT2D eigenvalue weighted by molar-refractivity contribution is -0.621. The maximum absolute atomic E-state index is 9.76. The van der Waals surface area contributed by atoms with Gasteiger partial charge in [-0.05, 0) is 0 Å². The van der Waals surface area contributed by atoms with Crippen molar-refractivity contribution in [2.45, 2.75) is 0 Å². The zero-order valence-corrected chi connectivity index (χ0v) is 2.97. The topological polar surface area (TPSA) is 49.2 Å². The van der Waals surface area contributed by atoms with Crippen LogP contribution in [0.5, 0.6) is 0 Å². The van der Waals surface area contributed by atoms with Crippen LogP contribution in [0.15, 0.2) is 0 Å². The highest BCUT2D eigenvalue weighted by Crippen LogP contribution is 1.78. The van der Waals surface area contributed by atoms with Gasteiger partial charge in [-0.1, -0.05) is 5.43 Å². The van der Waals surface area contributed by atoms with Crippen molar-refractivity contribution in [2.24, 2.45) is 0 Å². The zero-order chi connectivity index (χ0) is 4.57. The lowest BCUT2D eigenvalue weighted by atomic mass is 10.6. The van der Waals surface area contributed by atoms with Gasteiger partial charge in [0.1, 0.15) is 4.87 Å². The Morgan fingerprint density at radius 3 is 2.33 bits per heavy atom. The smallest absolute Gasteiger partial charge is 0.261 e. The summed E-state index contributed by atoms with van der Waals surface area (Å²) in [5, 5.41) is 0. The van der Waals surface area contributed by atoms with E-state index in [9.17, 15) is 9.70 Å². The number of nitrogens with one attached hydrogen (secondary N) is 1. The molecule has 1 rings (SSSR count). The van der Waals surface area contributed by atoms with Crippen LogP contribution < -0.4 is 5.43 Å². The minimum atomic E-state index is -0.204. The Morgan fingerprint density at radius 1 is 1.83 bits per heavy atom.